The Balaban J connectivity index is 2.84. The van der Waals surface area contributed by atoms with Crippen molar-refractivity contribution in [3.63, 3.8) is 0 Å². The number of carbonyl (C=O) groups excluding carboxylic acids is 1. The maximum absolute atomic E-state index is 10.7. The molecule has 0 fully saturated rings. The predicted molar refractivity (Wildman–Crippen MR) is 54.1 cm³/mol. The Labute approximate surface area is 86.8 Å². The average molecular weight is 206 g/mol. The summed E-state index contributed by atoms with van der Waals surface area (Å²) < 4.78 is 4.40. The normalized spacial score (nSPS) is 10.8. The second-order valence-corrected chi connectivity index (χ2v) is 2.79. The van der Waals surface area contributed by atoms with E-state index in [4.69, 9.17) is 5.11 Å². The van der Waals surface area contributed by atoms with E-state index < -0.39 is 5.97 Å². The Bertz CT molecular complexity index is 367. The van der Waals surface area contributed by atoms with Crippen molar-refractivity contribution in [3.8, 4) is 0 Å². The third-order valence-electron chi connectivity index (χ3n) is 1.72. The first kappa shape index (κ1) is 11.0. The molecule has 0 aliphatic heterocycles. The van der Waals surface area contributed by atoms with Gasteiger partial charge in [-0.3, -0.25) is 4.79 Å². The van der Waals surface area contributed by atoms with E-state index in [1.807, 2.05) is 6.07 Å². The van der Waals surface area contributed by atoms with Crippen LogP contribution in [0.15, 0.2) is 35.9 Å². The van der Waals surface area contributed by atoms with Crippen LogP contribution in [0.1, 0.15) is 5.56 Å². The number of rotatable bonds is 5. The summed E-state index contributed by atoms with van der Waals surface area (Å²) in [6.45, 7) is -0.00446. The molecule has 0 amide bonds. The number of hydrogen-bond acceptors (Lipinski definition) is 3. The van der Waals surface area contributed by atoms with E-state index in [2.05, 4.69) is 4.74 Å². The molecule has 1 N–H and O–H groups in total. The van der Waals surface area contributed by atoms with Crippen molar-refractivity contribution >= 4 is 18.5 Å². The fourth-order valence-corrected chi connectivity index (χ4v) is 1.04. The fraction of sp³-hybridized carbons (Fsp3) is 0.0909. The van der Waals surface area contributed by atoms with Crippen LogP contribution in [0.4, 0.5) is 0 Å². The van der Waals surface area contributed by atoms with Crippen LogP contribution in [0.3, 0.4) is 0 Å². The third-order valence-corrected chi connectivity index (χ3v) is 1.72. The minimum Gasteiger partial charge on any atom is -0.478 e. The number of carbonyl (C=O) groups is 2. The molecule has 4 nitrogen and oxygen atoms in total. The van der Waals surface area contributed by atoms with Crippen LogP contribution >= 0.6 is 0 Å². The van der Waals surface area contributed by atoms with Gasteiger partial charge in [0.1, 0.15) is 6.61 Å². The quantitative estimate of drug-likeness (QED) is 0.583. The number of ether oxygens (including phenoxy) is 1. The summed E-state index contributed by atoms with van der Waals surface area (Å²) in [6, 6.07) is 8.96. The minimum atomic E-state index is -1.10. The van der Waals surface area contributed by atoms with Gasteiger partial charge in [-0.15, -0.1) is 0 Å². The average Bonchev–Trinajstić information content (AvgIpc) is 2.25. The lowest BCUT2D eigenvalue weighted by atomic mass is 10.1. The lowest BCUT2D eigenvalue weighted by Gasteiger charge is -2.00. The molecule has 0 atom stereocenters. The van der Waals surface area contributed by atoms with Crippen molar-refractivity contribution < 1.29 is 19.4 Å². The molecule has 0 unspecified atom stereocenters. The Morgan fingerprint density at radius 3 is 2.53 bits per heavy atom. The van der Waals surface area contributed by atoms with Gasteiger partial charge in [-0.05, 0) is 11.6 Å². The predicted octanol–water partition coefficient (Wildman–Crippen LogP) is 1.33. The highest BCUT2D eigenvalue weighted by atomic mass is 16.5. The Kier molecular flexibility index (Phi) is 4.09. The molecular formula is C11H10O4. The largest absolute Gasteiger partial charge is 0.478 e. The molecule has 0 aromatic heterocycles. The monoisotopic (exact) mass is 206 g/mol. The van der Waals surface area contributed by atoms with E-state index in [1.165, 1.54) is 6.08 Å². The first-order valence-electron chi connectivity index (χ1n) is 4.28. The highest BCUT2D eigenvalue weighted by Crippen LogP contribution is 2.06. The van der Waals surface area contributed by atoms with E-state index in [9.17, 15) is 9.59 Å². The molecule has 1 aromatic carbocycles. The summed E-state index contributed by atoms with van der Waals surface area (Å²) in [5.41, 5.74) is 0.790. The SMILES string of the molecule is O=COC/C(=C\c1ccccc1)C(=O)O. The Morgan fingerprint density at radius 2 is 2.00 bits per heavy atom. The highest BCUT2D eigenvalue weighted by molar-refractivity contribution is 5.92. The van der Waals surface area contributed by atoms with Gasteiger partial charge >= 0.3 is 5.97 Å². The number of aliphatic carboxylic acids is 1. The number of carboxylic acid groups (broad SMARTS) is 1. The van der Waals surface area contributed by atoms with Crippen molar-refractivity contribution in [2.24, 2.45) is 0 Å². The van der Waals surface area contributed by atoms with E-state index >= 15 is 0 Å². The number of carboxylic acids is 1. The zero-order valence-electron chi connectivity index (χ0n) is 7.92. The lowest BCUT2D eigenvalue weighted by molar-refractivity contribution is -0.134. The molecule has 78 valence electrons. The molecule has 0 saturated heterocycles. The minimum absolute atomic E-state index is 0.0355. The van der Waals surface area contributed by atoms with Crippen LogP contribution in [0, 0.1) is 0 Å². The van der Waals surface area contributed by atoms with Crippen LogP contribution in [0.2, 0.25) is 0 Å². The maximum atomic E-state index is 10.7. The topological polar surface area (TPSA) is 63.6 Å². The van der Waals surface area contributed by atoms with Crippen LogP contribution in [-0.2, 0) is 14.3 Å². The fourth-order valence-electron chi connectivity index (χ4n) is 1.04. The van der Waals surface area contributed by atoms with Gasteiger partial charge in [0.15, 0.2) is 0 Å². The Morgan fingerprint density at radius 1 is 1.33 bits per heavy atom. The van der Waals surface area contributed by atoms with Crippen molar-refractivity contribution in [2.75, 3.05) is 6.61 Å². The van der Waals surface area contributed by atoms with Crippen LogP contribution < -0.4 is 0 Å². The molecular weight excluding hydrogens is 196 g/mol. The molecule has 0 aliphatic carbocycles. The van der Waals surface area contributed by atoms with Gasteiger partial charge in [0.05, 0.1) is 5.57 Å². The smallest absolute Gasteiger partial charge is 0.335 e. The molecule has 4 heteroatoms. The van der Waals surface area contributed by atoms with Gasteiger partial charge in [-0.1, -0.05) is 30.3 Å². The summed E-state index contributed by atoms with van der Waals surface area (Å²) in [6.07, 6.45) is 1.46. The van der Waals surface area contributed by atoms with Gasteiger partial charge in [-0.25, -0.2) is 4.79 Å². The standard InChI is InChI=1S/C11H10O4/c12-8-15-7-10(11(13)14)6-9-4-2-1-3-5-9/h1-6,8H,7H2,(H,13,14)/b10-6+. The van der Waals surface area contributed by atoms with Gasteiger partial charge in [0.25, 0.3) is 6.47 Å². The molecule has 0 heterocycles. The summed E-state index contributed by atoms with van der Waals surface area (Å²) >= 11 is 0. The van der Waals surface area contributed by atoms with Crippen molar-refractivity contribution in [1.29, 1.82) is 0 Å². The second kappa shape index (κ2) is 5.59. The molecule has 1 rings (SSSR count). The van der Waals surface area contributed by atoms with E-state index in [1.54, 1.807) is 24.3 Å². The van der Waals surface area contributed by atoms with Crippen LogP contribution in [0.25, 0.3) is 6.08 Å². The van der Waals surface area contributed by atoms with E-state index in [-0.39, 0.29) is 18.7 Å². The molecule has 15 heavy (non-hydrogen) atoms. The van der Waals surface area contributed by atoms with Gasteiger partial charge in [0, 0.05) is 0 Å². The van der Waals surface area contributed by atoms with Gasteiger partial charge < -0.3 is 9.84 Å². The van der Waals surface area contributed by atoms with Crippen molar-refractivity contribution in [2.45, 2.75) is 0 Å². The van der Waals surface area contributed by atoms with Crippen LogP contribution in [0.5, 0.6) is 0 Å². The highest BCUT2D eigenvalue weighted by Gasteiger charge is 2.07. The zero-order chi connectivity index (χ0) is 11.1. The number of benzene rings is 1. The second-order valence-electron chi connectivity index (χ2n) is 2.79. The first-order valence-corrected chi connectivity index (χ1v) is 4.28. The number of hydrogen-bond donors (Lipinski definition) is 1. The lowest BCUT2D eigenvalue weighted by Crippen LogP contribution is -2.07. The molecule has 0 radical (unpaired) electrons. The van der Waals surface area contributed by atoms with Gasteiger partial charge in [-0.2, -0.15) is 0 Å². The summed E-state index contributed by atoms with van der Waals surface area (Å²) in [7, 11) is 0. The molecule has 0 saturated carbocycles. The first-order chi connectivity index (χ1) is 7.24. The van der Waals surface area contributed by atoms with Crippen LogP contribution in [-0.4, -0.2) is 24.2 Å². The zero-order valence-corrected chi connectivity index (χ0v) is 7.92. The molecule has 0 spiro atoms. The molecule has 0 aliphatic rings. The summed E-state index contributed by atoms with van der Waals surface area (Å²) in [5, 5.41) is 8.80. The summed E-state index contributed by atoms with van der Waals surface area (Å²) in [4.78, 5) is 20.7. The van der Waals surface area contributed by atoms with E-state index in [0.717, 1.165) is 5.56 Å². The summed E-state index contributed by atoms with van der Waals surface area (Å²) in [5.74, 6) is -1.10. The molecule has 1 aromatic rings. The van der Waals surface area contributed by atoms with Crippen molar-refractivity contribution in [1.82, 2.24) is 0 Å². The third kappa shape index (κ3) is 3.64. The Hall–Kier alpha value is -2.10. The van der Waals surface area contributed by atoms with Gasteiger partial charge in [0.2, 0.25) is 0 Å². The van der Waals surface area contributed by atoms with E-state index in [0.29, 0.717) is 0 Å². The van der Waals surface area contributed by atoms with Crippen molar-refractivity contribution in [3.05, 3.63) is 41.5 Å². The molecule has 0 bridgehead atoms. The maximum Gasteiger partial charge on any atom is 0.335 e.